The molecule has 0 unspecified atom stereocenters. The number of hydrogen-bond acceptors (Lipinski definition) is 6. The topological polar surface area (TPSA) is 69.7 Å². The molecule has 1 saturated heterocycles. The summed E-state index contributed by atoms with van der Waals surface area (Å²) in [6.07, 6.45) is 0. The van der Waals surface area contributed by atoms with Gasteiger partial charge in [0.15, 0.2) is 7.05 Å². The number of halogens is 1. The first-order valence-electron chi connectivity index (χ1n) is 9.62. The number of benzene rings is 1. The summed E-state index contributed by atoms with van der Waals surface area (Å²) in [5.74, 6) is 0.469. The van der Waals surface area contributed by atoms with Gasteiger partial charge in [0, 0.05) is 48.0 Å². The number of aryl methyl sites for hydroxylation is 2. The molecule has 4 rings (SSSR count). The zero-order chi connectivity index (χ0) is 21.4. The minimum atomic E-state index is -0.0642. The van der Waals surface area contributed by atoms with E-state index in [-0.39, 0.29) is 5.91 Å². The van der Waals surface area contributed by atoms with Gasteiger partial charge < -0.3 is 14.3 Å². The molecule has 7 nitrogen and oxygen atoms in total. The van der Waals surface area contributed by atoms with Gasteiger partial charge in [-0.25, -0.2) is 0 Å². The largest absolute Gasteiger partial charge is 0.367 e. The van der Waals surface area contributed by atoms with Crippen LogP contribution in [0.4, 0.5) is 11.4 Å². The molecule has 3 aromatic rings. The smallest absolute Gasteiger partial charge is 0.259 e. The molecule has 0 spiro atoms. The number of thiophene rings is 1. The van der Waals surface area contributed by atoms with Gasteiger partial charge in [-0.1, -0.05) is 16.8 Å². The highest BCUT2D eigenvalue weighted by Gasteiger charge is 2.30. The Morgan fingerprint density at radius 2 is 1.93 bits per heavy atom. The molecule has 0 bridgehead atoms. The van der Waals surface area contributed by atoms with Crippen molar-refractivity contribution in [1.29, 1.82) is 0 Å². The molecular formula is C21H22ClN4O3S+. The van der Waals surface area contributed by atoms with Crippen molar-refractivity contribution in [2.24, 2.45) is 0 Å². The third-order valence-corrected chi connectivity index (χ3v) is 6.68. The van der Waals surface area contributed by atoms with E-state index in [1.165, 1.54) is 7.05 Å². The highest BCUT2D eigenvalue weighted by Crippen LogP contribution is 2.34. The van der Waals surface area contributed by atoms with Crippen LogP contribution in [0.1, 0.15) is 21.7 Å². The Labute approximate surface area is 183 Å². The third-order valence-electron chi connectivity index (χ3n) is 5.36. The van der Waals surface area contributed by atoms with E-state index in [2.05, 4.69) is 10.1 Å². The van der Waals surface area contributed by atoms with Crippen LogP contribution in [0.25, 0.3) is 10.6 Å². The summed E-state index contributed by atoms with van der Waals surface area (Å²) in [6.45, 7) is 6.20. The van der Waals surface area contributed by atoms with Crippen molar-refractivity contribution >= 4 is 40.2 Å². The van der Waals surface area contributed by atoms with Gasteiger partial charge in [-0.2, -0.15) is 0 Å². The highest BCUT2D eigenvalue weighted by molar-refractivity contribution is 7.13. The summed E-state index contributed by atoms with van der Waals surface area (Å²) >= 11 is 7.95. The summed E-state index contributed by atoms with van der Waals surface area (Å²) in [5, 5.41) is 6.68. The van der Waals surface area contributed by atoms with Gasteiger partial charge in [-0.05, 0) is 36.9 Å². The average Bonchev–Trinajstić information content (AvgIpc) is 3.32. The van der Waals surface area contributed by atoms with Gasteiger partial charge in [0.05, 0.1) is 15.6 Å². The van der Waals surface area contributed by atoms with Crippen LogP contribution in [0, 0.1) is 18.8 Å². The van der Waals surface area contributed by atoms with E-state index >= 15 is 0 Å². The molecular weight excluding hydrogens is 424 g/mol. The van der Waals surface area contributed by atoms with Crippen LogP contribution in [0.15, 0.2) is 34.2 Å². The molecule has 0 N–H and O–H groups in total. The maximum Gasteiger partial charge on any atom is 0.259 e. The number of amides is 1. The Hall–Kier alpha value is -2.71. The van der Waals surface area contributed by atoms with E-state index in [1.807, 2.05) is 29.3 Å². The second kappa shape index (κ2) is 8.20. The lowest BCUT2D eigenvalue weighted by molar-refractivity contribution is -0.428. The lowest BCUT2D eigenvalue weighted by Gasteiger charge is -2.36. The second-order valence-corrected chi connectivity index (χ2v) is 8.63. The lowest BCUT2D eigenvalue weighted by Crippen LogP contribution is -2.49. The molecule has 1 aliphatic heterocycles. The molecule has 156 valence electrons. The van der Waals surface area contributed by atoms with Crippen LogP contribution in [-0.4, -0.2) is 54.0 Å². The van der Waals surface area contributed by atoms with Crippen LogP contribution in [0.5, 0.6) is 0 Å². The van der Waals surface area contributed by atoms with E-state index in [0.29, 0.717) is 53.9 Å². The zero-order valence-electron chi connectivity index (χ0n) is 17.0. The van der Waals surface area contributed by atoms with Gasteiger partial charge in [0.2, 0.25) is 0 Å². The molecule has 30 heavy (non-hydrogen) atoms. The second-order valence-electron chi connectivity index (χ2n) is 7.31. The quantitative estimate of drug-likeness (QED) is 0.545. The standard InChI is InChI=1S/C21H22ClN4O3S/c1-13-6-11-30-20(13)19-18(14(2)29-23-19)21(27)26-9-7-25(8-10-26)17-5-4-15(24(3)28)12-16(17)22/h4-6,11-12H,7-10H2,1-3H3/q+1. The summed E-state index contributed by atoms with van der Waals surface area (Å²) in [7, 11) is 1.44. The molecule has 9 heteroatoms. The molecule has 2 aromatic heterocycles. The minimum Gasteiger partial charge on any atom is -0.367 e. The molecule has 1 amide bonds. The number of nitrogens with zero attached hydrogens (tertiary/aromatic N) is 4. The normalized spacial score (nSPS) is 14.3. The number of nitroso groups, excluding NO2 is 1. The zero-order valence-corrected chi connectivity index (χ0v) is 18.6. The van der Waals surface area contributed by atoms with Gasteiger partial charge >= 0.3 is 0 Å². The van der Waals surface area contributed by atoms with E-state index in [4.69, 9.17) is 16.1 Å². The number of hydrogen-bond donors (Lipinski definition) is 0. The first-order chi connectivity index (χ1) is 14.4. The number of carbonyl (C=O) groups is 1. The molecule has 1 aromatic carbocycles. The number of rotatable bonds is 4. The highest BCUT2D eigenvalue weighted by atomic mass is 35.5. The molecule has 0 saturated carbocycles. The van der Waals surface area contributed by atoms with Gasteiger partial charge in [-0.3, -0.25) is 4.79 Å². The first kappa shape index (κ1) is 20.6. The maximum atomic E-state index is 13.3. The Morgan fingerprint density at radius 1 is 1.20 bits per heavy atom. The van der Waals surface area contributed by atoms with Crippen LogP contribution >= 0.6 is 22.9 Å². The van der Waals surface area contributed by atoms with Crippen molar-refractivity contribution in [3.63, 3.8) is 0 Å². The molecule has 1 fully saturated rings. The summed E-state index contributed by atoms with van der Waals surface area (Å²) in [4.78, 5) is 29.7. The van der Waals surface area contributed by atoms with Crippen molar-refractivity contribution in [2.45, 2.75) is 13.8 Å². The minimum absolute atomic E-state index is 0.0642. The van der Waals surface area contributed by atoms with Crippen LogP contribution in [-0.2, 0) is 0 Å². The lowest BCUT2D eigenvalue weighted by atomic mass is 10.1. The van der Waals surface area contributed by atoms with Gasteiger partial charge in [0.1, 0.15) is 17.0 Å². The van der Waals surface area contributed by atoms with Crippen LogP contribution < -0.4 is 4.90 Å². The predicted octanol–water partition coefficient (Wildman–Crippen LogP) is 4.68. The number of aromatic nitrogens is 1. The van der Waals surface area contributed by atoms with Crippen molar-refractivity contribution in [3.05, 3.63) is 56.5 Å². The van der Waals surface area contributed by atoms with Crippen molar-refractivity contribution in [2.75, 3.05) is 38.1 Å². The summed E-state index contributed by atoms with van der Waals surface area (Å²) < 4.78 is 6.15. The fourth-order valence-electron chi connectivity index (χ4n) is 3.65. The summed E-state index contributed by atoms with van der Waals surface area (Å²) in [6, 6.07) is 7.28. The number of carbonyl (C=O) groups excluding carboxylic acids is 1. The number of piperazine rings is 1. The molecule has 0 atom stereocenters. The molecule has 0 radical (unpaired) electrons. The Balaban J connectivity index is 1.50. The third kappa shape index (κ3) is 3.73. The molecule has 1 aliphatic rings. The van der Waals surface area contributed by atoms with Crippen molar-refractivity contribution in [3.8, 4) is 10.6 Å². The van der Waals surface area contributed by atoms with E-state index in [1.54, 1.807) is 30.4 Å². The van der Waals surface area contributed by atoms with Gasteiger partial charge in [-0.15, -0.1) is 11.3 Å². The number of anilines is 1. The summed E-state index contributed by atoms with van der Waals surface area (Å²) in [5.41, 5.74) is 3.61. The first-order valence-corrected chi connectivity index (χ1v) is 10.9. The predicted molar refractivity (Wildman–Crippen MR) is 118 cm³/mol. The Morgan fingerprint density at radius 3 is 2.53 bits per heavy atom. The Bertz CT molecular complexity index is 1120. The van der Waals surface area contributed by atoms with E-state index < -0.39 is 0 Å². The fourth-order valence-corrected chi connectivity index (χ4v) is 4.86. The Kier molecular flexibility index (Phi) is 5.62. The van der Waals surface area contributed by atoms with Crippen molar-refractivity contribution < 1.29 is 14.1 Å². The monoisotopic (exact) mass is 445 g/mol. The van der Waals surface area contributed by atoms with Crippen LogP contribution in [0.3, 0.4) is 0 Å². The van der Waals surface area contributed by atoms with E-state index in [9.17, 15) is 9.70 Å². The van der Waals surface area contributed by atoms with Gasteiger partial charge in [0.25, 0.3) is 11.6 Å². The van der Waals surface area contributed by atoms with Crippen molar-refractivity contribution in [1.82, 2.24) is 10.1 Å². The molecule has 0 aliphatic carbocycles. The SMILES string of the molecule is Cc1ccsc1-c1noc(C)c1C(=O)N1CCN(c2ccc([N+](C)=O)cc2Cl)CC1. The van der Waals surface area contributed by atoms with Crippen LogP contribution in [0.2, 0.25) is 5.02 Å². The molecule has 3 heterocycles. The average molecular weight is 446 g/mol. The van der Waals surface area contributed by atoms with E-state index in [0.717, 1.165) is 20.9 Å². The maximum absolute atomic E-state index is 13.3. The fraction of sp³-hybridized carbons (Fsp3) is 0.333.